The van der Waals surface area contributed by atoms with Crippen LogP contribution in [0.25, 0.3) is 11.0 Å². The number of nitrogens with one attached hydrogen (secondary N) is 1. The van der Waals surface area contributed by atoms with Gasteiger partial charge in [-0.3, -0.25) is 5.10 Å². The predicted molar refractivity (Wildman–Crippen MR) is 39.7 cm³/mol. The number of aromatic amines is 1. The zero-order valence-corrected chi connectivity index (χ0v) is 5.90. The highest BCUT2D eigenvalue weighted by atomic mass is 16.4. The molecule has 0 aliphatic rings. The number of benzene rings is 1. The fourth-order valence-electron chi connectivity index (χ4n) is 0.910. The monoisotopic (exact) mass is 162 g/mol. The molecule has 2 aromatic rings. The van der Waals surface area contributed by atoms with Crippen molar-refractivity contribution < 1.29 is 9.90 Å². The first kappa shape index (κ1) is 6.78. The van der Waals surface area contributed by atoms with E-state index in [4.69, 9.17) is 5.11 Å². The Balaban J connectivity index is 2.68. The molecule has 1 aromatic heterocycles. The van der Waals surface area contributed by atoms with Gasteiger partial charge < -0.3 is 5.11 Å². The van der Waals surface area contributed by atoms with Gasteiger partial charge in [0, 0.05) is 6.07 Å². The number of nitrogens with zero attached hydrogens (tertiary/aromatic N) is 2. The number of carbonyl (C=O) groups is 1. The number of carboxylic acid groups (broad SMARTS) is 1. The molecule has 0 spiro atoms. The second-order valence-electron chi connectivity index (χ2n) is 2.27. The third-order valence-electron chi connectivity index (χ3n) is 1.49. The van der Waals surface area contributed by atoms with Gasteiger partial charge in [0.15, 0.2) is 0 Å². The van der Waals surface area contributed by atoms with Crippen molar-refractivity contribution in [3.05, 3.63) is 23.8 Å². The molecular formula is C7H4N3O2. The van der Waals surface area contributed by atoms with Crippen molar-refractivity contribution in [2.75, 3.05) is 0 Å². The molecule has 1 radical (unpaired) electrons. The summed E-state index contributed by atoms with van der Waals surface area (Å²) in [4.78, 5) is 10.5. The largest absolute Gasteiger partial charge is 0.478 e. The molecule has 0 amide bonds. The second-order valence-corrected chi connectivity index (χ2v) is 2.27. The number of hydrogen-bond donors (Lipinski definition) is 2. The first-order chi connectivity index (χ1) is 5.77. The molecule has 0 aliphatic heterocycles. The first-order valence-corrected chi connectivity index (χ1v) is 3.23. The quantitative estimate of drug-likeness (QED) is 0.638. The summed E-state index contributed by atoms with van der Waals surface area (Å²) in [5.41, 5.74) is 1.29. The summed E-state index contributed by atoms with van der Waals surface area (Å²) in [7, 11) is 0. The second kappa shape index (κ2) is 2.30. The lowest BCUT2D eigenvalue weighted by Crippen LogP contribution is -1.94. The lowest BCUT2D eigenvalue weighted by atomic mass is 10.2. The Morgan fingerprint density at radius 2 is 2.50 bits per heavy atom. The van der Waals surface area contributed by atoms with Crippen LogP contribution >= 0.6 is 0 Å². The normalized spacial score (nSPS) is 10.3. The van der Waals surface area contributed by atoms with E-state index < -0.39 is 5.97 Å². The van der Waals surface area contributed by atoms with E-state index in [0.29, 0.717) is 11.0 Å². The Labute approximate surface area is 67.0 Å². The fourth-order valence-corrected chi connectivity index (χ4v) is 0.910. The molecule has 2 N–H and O–H groups in total. The van der Waals surface area contributed by atoms with E-state index >= 15 is 0 Å². The molecule has 59 valence electrons. The van der Waals surface area contributed by atoms with E-state index in [0.717, 1.165) is 0 Å². The maximum atomic E-state index is 10.5. The van der Waals surface area contributed by atoms with Crippen LogP contribution in [0.3, 0.4) is 0 Å². The van der Waals surface area contributed by atoms with Crippen molar-refractivity contribution in [2.24, 2.45) is 0 Å². The minimum atomic E-state index is -0.984. The number of rotatable bonds is 1. The Kier molecular flexibility index (Phi) is 1.30. The molecule has 0 saturated carbocycles. The number of H-pyrrole nitrogens is 1. The van der Waals surface area contributed by atoms with E-state index in [1.165, 1.54) is 12.1 Å². The van der Waals surface area contributed by atoms with Gasteiger partial charge in [0.05, 0.1) is 11.1 Å². The van der Waals surface area contributed by atoms with Gasteiger partial charge in [0.1, 0.15) is 5.52 Å². The van der Waals surface area contributed by atoms with Crippen molar-refractivity contribution in [3.8, 4) is 0 Å². The van der Waals surface area contributed by atoms with Gasteiger partial charge in [-0.1, -0.05) is 5.21 Å². The molecular weight excluding hydrogens is 158 g/mol. The van der Waals surface area contributed by atoms with Crippen molar-refractivity contribution in [2.45, 2.75) is 0 Å². The van der Waals surface area contributed by atoms with Gasteiger partial charge in [0.2, 0.25) is 0 Å². The van der Waals surface area contributed by atoms with E-state index in [1.807, 2.05) is 0 Å². The number of carboxylic acids is 1. The molecule has 0 atom stereocenters. The maximum absolute atomic E-state index is 10.5. The van der Waals surface area contributed by atoms with Crippen LogP contribution in [0, 0.1) is 6.07 Å². The number of hydrogen-bond acceptors (Lipinski definition) is 3. The minimum Gasteiger partial charge on any atom is -0.478 e. The van der Waals surface area contributed by atoms with Gasteiger partial charge in [-0.15, -0.1) is 5.10 Å². The minimum absolute atomic E-state index is 0.175. The molecule has 0 unspecified atom stereocenters. The van der Waals surface area contributed by atoms with Crippen LogP contribution < -0.4 is 0 Å². The summed E-state index contributed by atoms with van der Waals surface area (Å²) in [5.74, 6) is -0.984. The van der Waals surface area contributed by atoms with Gasteiger partial charge in [-0.25, -0.2) is 4.79 Å². The van der Waals surface area contributed by atoms with Crippen molar-refractivity contribution in [1.82, 2.24) is 15.4 Å². The summed E-state index contributed by atoms with van der Waals surface area (Å²) >= 11 is 0. The third kappa shape index (κ3) is 0.914. The smallest absolute Gasteiger partial charge is 0.335 e. The van der Waals surface area contributed by atoms with Crippen LogP contribution in [0.1, 0.15) is 10.4 Å². The summed E-state index contributed by atoms with van der Waals surface area (Å²) in [5, 5.41) is 18.3. The van der Waals surface area contributed by atoms with Crippen molar-refractivity contribution in [1.29, 1.82) is 0 Å². The average Bonchev–Trinajstić information content (AvgIpc) is 2.49. The van der Waals surface area contributed by atoms with Crippen LogP contribution in [0.15, 0.2) is 12.1 Å². The molecule has 1 heterocycles. The highest BCUT2D eigenvalue weighted by molar-refractivity contribution is 5.91. The molecule has 0 aliphatic carbocycles. The molecule has 0 bridgehead atoms. The Morgan fingerprint density at radius 1 is 1.67 bits per heavy atom. The Bertz CT molecular complexity index is 435. The Morgan fingerprint density at radius 3 is 3.25 bits per heavy atom. The van der Waals surface area contributed by atoms with Gasteiger partial charge >= 0.3 is 5.97 Å². The summed E-state index contributed by atoms with van der Waals surface area (Å²) in [6.45, 7) is 0. The van der Waals surface area contributed by atoms with Gasteiger partial charge in [-0.2, -0.15) is 0 Å². The Hall–Kier alpha value is -1.91. The molecule has 2 rings (SSSR count). The zero-order chi connectivity index (χ0) is 8.55. The van der Waals surface area contributed by atoms with Crippen LogP contribution in [0.2, 0.25) is 0 Å². The average molecular weight is 162 g/mol. The summed E-state index contributed by atoms with van der Waals surface area (Å²) in [6, 6.07) is 5.53. The highest BCUT2D eigenvalue weighted by Gasteiger charge is 2.04. The zero-order valence-electron chi connectivity index (χ0n) is 5.90. The summed E-state index contributed by atoms with van der Waals surface area (Å²) < 4.78 is 0. The molecule has 5 heteroatoms. The van der Waals surface area contributed by atoms with Crippen molar-refractivity contribution in [3.63, 3.8) is 0 Å². The highest BCUT2D eigenvalue weighted by Crippen LogP contribution is 2.09. The van der Waals surface area contributed by atoms with Crippen molar-refractivity contribution >= 4 is 17.0 Å². The maximum Gasteiger partial charge on any atom is 0.335 e. The predicted octanol–water partition coefficient (Wildman–Crippen LogP) is 0.456. The molecule has 0 saturated heterocycles. The standard InChI is InChI=1S/C7H4N3O2/c11-7(12)4-1-2-5-6(3-4)9-10-8-5/h1,3H,(H,11,12)(H,8,9,10). The lowest BCUT2D eigenvalue weighted by molar-refractivity contribution is 0.0697. The van der Waals surface area contributed by atoms with Crippen LogP contribution in [0.5, 0.6) is 0 Å². The lowest BCUT2D eigenvalue weighted by Gasteiger charge is -1.90. The molecule has 0 fully saturated rings. The topological polar surface area (TPSA) is 78.9 Å². The van der Waals surface area contributed by atoms with E-state index in [2.05, 4.69) is 21.5 Å². The SMILES string of the molecule is O=C(O)c1c[c]c2nn[nH]c2c1. The fraction of sp³-hybridized carbons (Fsp3) is 0. The van der Waals surface area contributed by atoms with Crippen LogP contribution in [0.4, 0.5) is 0 Å². The van der Waals surface area contributed by atoms with Crippen LogP contribution in [-0.4, -0.2) is 26.5 Å². The number of aromatic nitrogens is 3. The van der Waals surface area contributed by atoms with E-state index in [1.54, 1.807) is 0 Å². The van der Waals surface area contributed by atoms with Gasteiger partial charge in [0.25, 0.3) is 0 Å². The van der Waals surface area contributed by atoms with Crippen LogP contribution in [-0.2, 0) is 0 Å². The molecule has 12 heavy (non-hydrogen) atoms. The number of aromatic carboxylic acids is 1. The van der Waals surface area contributed by atoms with E-state index in [9.17, 15) is 4.79 Å². The third-order valence-corrected chi connectivity index (χ3v) is 1.49. The summed E-state index contributed by atoms with van der Waals surface area (Å²) in [6.07, 6.45) is 0. The number of fused-ring (bicyclic) bond motifs is 1. The molecule has 5 nitrogen and oxygen atoms in total. The first-order valence-electron chi connectivity index (χ1n) is 3.23. The van der Waals surface area contributed by atoms with Gasteiger partial charge in [-0.05, 0) is 12.1 Å². The van der Waals surface area contributed by atoms with E-state index in [-0.39, 0.29) is 5.56 Å². The molecule has 1 aromatic carbocycles.